The van der Waals surface area contributed by atoms with E-state index in [0.717, 1.165) is 6.07 Å². The van der Waals surface area contributed by atoms with E-state index in [1.165, 1.54) is 43.3 Å². The number of carbonyl (C=O) groups is 2. The number of anilines is 1. The summed E-state index contributed by atoms with van der Waals surface area (Å²) in [5.74, 6) is -0.970. The summed E-state index contributed by atoms with van der Waals surface area (Å²) in [5.41, 5.74) is 0.445. The summed E-state index contributed by atoms with van der Waals surface area (Å²) in [6.07, 6.45) is 0.649. The Morgan fingerprint density at radius 2 is 1.79 bits per heavy atom. The van der Waals surface area contributed by atoms with Crippen LogP contribution in [0.4, 0.5) is 17.1 Å². The van der Waals surface area contributed by atoms with Gasteiger partial charge in [-0.05, 0) is 41.8 Å². The van der Waals surface area contributed by atoms with Gasteiger partial charge in [0, 0.05) is 17.9 Å². The predicted molar refractivity (Wildman–Crippen MR) is 106 cm³/mol. The third kappa shape index (κ3) is 4.28. The van der Waals surface area contributed by atoms with Crippen LogP contribution >= 0.6 is 0 Å². The molecule has 3 aromatic carbocycles. The summed E-state index contributed by atoms with van der Waals surface area (Å²) in [6.45, 7) is 1.28. The Bertz CT molecular complexity index is 1250. The maximum absolute atomic E-state index is 11.8. The smallest absolute Gasteiger partial charge is 0.296 e. The zero-order chi connectivity index (χ0) is 21.2. The summed E-state index contributed by atoms with van der Waals surface area (Å²) in [7, 11) is -4.75. The highest BCUT2D eigenvalue weighted by Gasteiger charge is 2.23. The summed E-state index contributed by atoms with van der Waals surface area (Å²) in [6, 6.07) is 11.6. The Kier molecular flexibility index (Phi) is 5.39. The number of rotatable bonds is 5. The normalized spacial score (nSPS) is 11.7. The third-order valence-electron chi connectivity index (χ3n) is 3.96. The number of benzene rings is 3. The lowest BCUT2D eigenvalue weighted by Crippen LogP contribution is -2.06. The summed E-state index contributed by atoms with van der Waals surface area (Å²) < 4.78 is 33.3. The zero-order valence-corrected chi connectivity index (χ0v) is 15.8. The van der Waals surface area contributed by atoms with Gasteiger partial charge < -0.3 is 10.4 Å². The van der Waals surface area contributed by atoms with E-state index in [1.807, 2.05) is 0 Å². The minimum Gasteiger partial charge on any atom is -0.505 e. The fourth-order valence-electron chi connectivity index (χ4n) is 2.71. The number of phenols is 1. The molecule has 3 aromatic rings. The second kappa shape index (κ2) is 7.78. The molecule has 9 nitrogen and oxygen atoms in total. The highest BCUT2D eigenvalue weighted by molar-refractivity contribution is 7.86. The van der Waals surface area contributed by atoms with Gasteiger partial charge in [-0.3, -0.25) is 14.1 Å². The van der Waals surface area contributed by atoms with Crippen molar-refractivity contribution in [1.29, 1.82) is 0 Å². The van der Waals surface area contributed by atoms with Crippen LogP contribution in [0.2, 0.25) is 0 Å². The van der Waals surface area contributed by atoms with Crippen molar-refractivity contribution in [3.8, 4) is 5.75 Å². The zero-order valence-electron chi connectivity index (χ0n) is 15.0. The number of fused-ring (bicyclic) bond motifs is 1. The van der Waals surface area contributed by atoms with Crippen LogP contribution in [0.15, 0.2) is 63.7 Å². The molecule has 0 aliphatic carbocycles. The van der Waals surface area contributed by atoms with Crippen molar-refractivity contribution in [2.24, 2.45) is 10.2 Å². The standard InChI is InChI=1S/C19H15N3O6S/c1-11(24)20-15-4-2-3-13-9-16(29(26,27)28)18(19(25)17(13)15)22-21-14-7-5-12(10-23)6-8-14/h2-10,25H,1H3,(H,20,24)(H,26,27,28). The monoisotopic (exact) mass is 413 g/mol. The molecular weight excluding hydrogens is 398 g/mol. The number of hydrogen-bond acceptors (Lipinski definition) is 7. The summed E-state index contributed by atoms with van der Waals surface area (Å²) >= 11 is 0. The van der Waals surface area contributed by atoms with E-state index < -0.39 is 32.4 Å². The second-order valence-corrected chi connectivity index (χ2v) is 7.43. The molecule has 148 valence electrons. The molecule has 0 saturated carbocycles. The topological polar surface area (TPSA) is 145 Å². The number of aromatic hydroxyl groups is 1. The fourth-order valence-corrected chi connectivity index (χ4v) is 3.37. The van der Waals surface area contributed by atoms with E-state index in [0.29, 0.717) is 11.8 Å². The van der Waals surface area contributed by atoms with Crippen LogP contribution in [0.5, 0.6) is 5.75 Å². The van der Waals surface area contributed by atoms with Gasteiger partial charge >= 0.3 is 0 Å². The highest BCUT2D eigenvalue weighted by atomic mass is 32.2. The minimum atomic E-state index is -4.75. The number of amides is 1. The molecule has 0 aromatic heterocycles. The van der Waals surface area contributed by atoms with Gasteiger partial charge in [-0.2, -0.15) is 13.5 Å². The van der Waals surface area contributed by atoms with Crippen molar-refractivity contribution in [2.75, 3.05) is 5.32 Å². The SMILES string of the molecule is CC(=O)Nc1cccc2cc(S(=O)(=O)O)c(N=Nc3ccc(C=O)cc3)c(O)c12. The van der Waals surface area contributed by atoms with E-state index in [-0.39, 0.29) is 22.1 Å². The van der Waals surface area contributed by atoms with Gasteiger partial charge in [0.05, 0.1) is 11.4 Å². The van der Waals surface area contributed by atoms with Crippen molar-refractivity contribution in [3.63, 3.8) is 0 Å². The molecule has 0 saturated heterocycles. The first-order valence-corrected chi connectivity index (χ1v) is 9.65. The molecule has 0 unspecified atom stereocenters. The maximum Gasteiger partial charge on any atom is 0.296 e. The molecule has 10 heteroatoms. The number of carbonyl (C=O) groups excluding carboxylic acids is 2. The van der Waals surface area contributed by atoms with Gasteiger partial charge in [0.15, 0.2) is 5.75 Å². The molecule has 0 fully saturated rings. The number of phenolic OH excluding ortho intramolecular Hbond substituents is 1. The van der Waals surface area contributed by atoms with Crippen molar-refractivity contribution < 1.29 is 27.7 Å². The van der Waals surface area contributed by atoms with Crippen molar-refractivity contribution in [3.05, 3.63) is 54.1 Å². The summed E-state index contributed by atoms with van der Waals surface area (Å²) in [4.78, 5) is 21.5. The Balaban J connectivity index is 2.24. The van der Waals surface area contributed by atoms with E-state index >= 15 is 0 Å². The van der Waals surface area contributed by atoms with E-state index in [1.54, 1.807) is 6.07 Å². The van der Waals surface area contributed by atoms with Crippen LogP contribution in [0.25, 0.3) is 10.8 Å². The van der Waals surface area contributed by atoms with E-state index in [4.69, 9.17) is 0 Å². The molecule has 0 aliphatic heterocycles. The number of nitrogens with zero attached hydrogens (tertiary/aromatic N) is 2. The minimum absolute atomic E-state index is 0.139. The lowest BCUT2D eigenvalue weighted by Gasteiger charge is -2.12. The Hall–Kier alpha value is -3.63. The van der Waals surface area contributed by atoms with Crippen LogP contribution in [0.3, 0.4) is 0 Å². The average Bonchev–Trinajstić information content (AvgIpc) is 2.66. The number of nitrogens with one attached hydrogen (secondary N) is 1. The van der Waals surface area contributed by atoms with Gasteiger partial charge in [-0.25, -0.2) is 0 Å². The Morgan fingerprint density at radius 1 is 1.10 bits per heavy atom. The molecular formula is C19H15N3O6S. The maximum atomic E-state index is 11.8. The van der Waals surface area contributed by atoms with Crippen LogP contribution in [0, 0.1) is 0 Å². The molecule has 0 heterocycles. The Labute approximate surface area is 165 Å². The molecule has 0 aliphatic rings. The van der Waals surface area contributed by atoms with Gasteiger partial charge in [0.1, 0.15) is 16.9 Å². The molecule has 0 bridgehead atoms. The molecule has 0 atom stereocenters. The predicted octanol–water partition coefficient (Wildman–Crippen LogP) is 3.98. The van der Waals surface area contributed by atoms with Gasteiger partial charge in [-0.1, -0.05) is 12.1 Å². The molecule has 0 radical (unpaired) electrons. The van der Waals surface area contributed by atoms with Crippen molar-refractivity contribution >= 4 is 50.1 Å². The largest absolute Gasteiger partial charge is 0.505 e. The quantitative estimate of drug-likeness (QED) is 0.328. The van der Waals surface area contributed by atoms with Crippen molar-refractivity contribution in [1.82, 2.24) is 0 Å². The first kappa shape index (κ1) is 20.1. The molecule has 29 heavy (non-hydrogen) atoms. The van der Waals surface area contributed by atoms with Gasteiger partial charge in [0.2, 0.25) is 5.91 Å². The molecule has 3 rings (SSSR count). The molecule has 0 spiro atoms. The van der Waals surface area contributed by atoms with E-state index in [2.05, 4.69) is 15.5 Å². The highest BCUT2D eigenvalue weighted by Crippen LogP contribution is 2.44. The second-order valence-electron chi connectivity index (χ2n) is 6.04. The number of aldehydes is 1. The lowest BCUT2D eigenvalue weighted by atomic mass is 10.1. The number of azo groups is 1. The average molecular weight is 413 g/mol. The third-order valence-corrected chi connectivity index (χ3v) is 4.83. The fraction of sp³-hybridized carbons (Fsp3) is 0.0526. The van der Waals surface area contributed by atoms with Crippen LogP contribution < -0.4 is 5.32 Å². The van der Waals surface area contributed by atoms with Crippen LogP contribution in [0.1, 0.15) is 17.3 Å². The first-order valence-electron chi connectivity index (χ1n) is 8.21. The Morgan fingerprint density at radius 3 is 2.38 bits per heavy atom. The van der Waals surface area contributed by atoms with Gasteiger partial charge in [-0.15, -0.1) is 5.11 Å². The van der Waals surface area contributed by atoms with E-state index in [9.17, 15) is 27.7 Å². The van der Waals surface area contributed by atoms with Crippen molar-refractivity contribution in [2.45, 2.75) is 11.8 Å². The molecule has 1 amide bonds. The molecule has 3 N–H and O–H groups in total. The number of hydrogen-bond donors (Lipinski definition) is 3. The van der Waals surface area contributed by atoms with Crippen LogP contribution in [-0.4, -0.2) is 30.3 Å². The van der Waals surface area contributed by atoms with Gasteiger partial charge in [0.25, 0.3) is 10.1 Å². The first-order chi connectivity index (χ1) is 13.7. The van der Waals surface area contributed by atoms with Crippen LogP contribution in [-0.2, 0) is 14.9 Å². The lowest BCUT2D eigenvalue weighted by molar-refractivity contribution is -0.114. The summed E-state index contributed by atoms with van der Waals surface area (Å²) in [5, 5.41) is 21.3.